The lowest BCUT2D eigenvalue weighted by Crippen LogP contribution is -2.50. The van der Waals surface area contributed by atoms with Gasteiger partial charge in [-0.3, -0.25) is 19.2 Å². The SMILES string of the molecule is C/C=C\C=C(\C(=O)NCC1=NOC(Cc2ccccc2)(C(=O)NCC(=O)COC(=O)c2c(Cl)cccc2Cl)C1)c1ccccc1.CC.CC(=O)O. The van der Waals surface area contributed by atoms with E-state index in [0.29, 0.717) is 11.3 Å². The number of nitrogens with zero attached hydrogens (tertiary/aromatic N) is 1. The summed E-state index contributed by atoms with van der Waals surface area (Å²) in [4.78, 5) is 66.3. The molecule has 1 heterocycles. The van der Waals surface area contributed by atoms with E-state index in [2.05, 4.69) is 15.8 Å². The van der Waals surface area contributed by atoms with Crippen LogP contribution < -0.4 is 10.6 Å². The van der Waals surface area contributed by atoms with Crippen molar-refractivity contribution in [3.05, 3.63) is 124 Å². The number of carboxylic acids is 1. The Labute approximate surface area is 307 Å². The predicted octanol–water partition coefficient (Wildman–Crippen LogP) is 6.49. The molecule has 3 N–H and O–H groups in total. The molecule has 51 heavy (non-hydrogen) atoms. The minimum Gasteiger partial charge on any atom is -0.481 e. The van der Waals surface area contributed by atoms with Crippen LogP contribution in [0.15, 0.2) is 102 Å². The van der Waals surface area contributed by atoms with Crippen LogP contribution in [0, 0.1) is 0 Å². The zero-order chi connectivity index (χ0) is 37.8. The summed E-state index contributed by atoms with van der Waals surface area (Å²) in [6.45, 7) is 5.95. The normalized spacial score (nSPS) is 14.8. The second-order valence-corrected chi connectivity index (χ2v) is 11.5. The summed E-state index contributed by atoms with van der Waals surface area (Å²) in [6.07, 6.45) is 5.56. The number of benzene rings is 3. The van der Waals surface area contributed by atoms with E-state index in [9.17, 15) is 19.2 Å². The molecule has 3 aromatic rings. The van der Waals surface area contributed by atoms with Crippen molar-refractivity contribution in [1.82, 2.24) is 10.6 Å². The fourth-order valence-corrected chi connectivity index (χ4v) is 5.11. The van der Waals surface area contributed by atoms with Crippen LogP contribution in [-0.2, 0) is 35.2 Å². The van der Waals surface area contributed by atoms with Gasteiger partial charge >= 0.3 is 5.97 Å². The first-order valence-corrected chi connectivity index (χ1v) is 16.8. The summed E-state index contributed by atoms with van der Waals surface area (Å²) in [7, 11) is 0. The Hall–Kier alpha value is -5.26. The Balaban J connectivity index is 0.00000140. The van der Waals surface area contributed by atoms with Gasteiger partial charge in [-0.05, 0) is 36.3 Å². The maximum atomic E-state index is 13.5. The first-order valence-electron chi connectivity index (χ1n) is 16.0. The summed E-state index contributed by atoms with van der Waals surface area (Å²) in [5, 5.41) is 17.2. The van der Waals surface area contributed by atoms with Crippen LogP contribution >= 0.6 is 23.2 Å². The van der Waals surface area contributed by atoms with E-state index >= 15 is 0 Å². The Kier molecular flexibility index (Phi) is 17.9. The zero-order valence-corrected chi connectivity index (χ0v) is 30.3. The molecule has 1 aliphatic heterocycles. The number of ketones is 1. The lowest BCUT2D eigenvalue weighted by molar-refractivity contribution is -0.144. The summed E-state index contributed by atoms with van der Waals surface area (Å²) in [5.74, 6) is -3.16. The van der Waals surface area contributed by atoms with Gasteiger partial charge in [-0.15, -0.1) is 0 Å². The Morgan fingerprint density at radius 3 is 2.10 bits per heavy atom. The largest absolute Gasteiger partial charge is 0.481 e. The van der Waals surface area contributed by atoms with E-state index in [4.69, 9.17) is 42.7 Å². The Bertz CT molecular complexity index is 1720. The quantitative estimate of drug-likeness (QED) is 0.102. The first kappa shape index (κ1) is 41.9. The van der Waals surface area contributed by atoms with Crippen molar-refractivity contribution >= 4 is 64.0 Å². The van der Waals surface area contributed by atoms with Gasteiger partial charge in [-0.2, -0.15) is 0 Å². The molecule has 11 nitrogen and oxygen atoms in total. The van der Waals surface area contributed by atoms with Crippen LogP contribution in [-0.4, -0.2) is 65.7 Å². The number of nitrogens with one attached hydrogen (secondary N) is 2. The first-order chi connectivity index (χ1) is 24.5. The van der Waals surface area contributed by atoms with Gasteiger partial charge in [0, 0.05) is 25.3 Å². The maximum absolute atomic E-state index is 13.5. The van der Waals surface area contributed by atoms with E-state index in [0.717, 1.165) is 18.1 Å². The second-order valence-electron chi connectivity index (χ2n) is 10.7. The van der Waals surface area contributed by atoms with E-state index in [1.165, 1.54) is 12.1 Å². The van der Waals surface area contributed by atoms with Crippen LogP contribution in [0.3, 0.4) is 0 Å². The minimum absolute atomic E-state index is 0.0438. The zero-order valence-electron chi connectivity index (χ0n) is 28.8. The van der Waals surface area contributed by atoms with Crippen LogP contribution in [0.1, 0.15) is 55.6 Å². The van der Waals surface area contributed by atoms with Crippen LogP contribution in [0.5, 0.6) is 0 Å². The van der Waals surface area contributed by atoms with Gasteiger partial charge in [0.15, 0.2) is 12.4 Å². The number of oxime groups is 1. The van der Waals surface area contributed by atoms with Gasteiger partial charge < -0.3 is 25.3 Å². The molecular formula is C38H41Cl2N3O8. The topological polar surface area (TPSA) is 160 Å². The molecule has 0 saturated heterocycles. The predicted molar refractivity (Wildman–Crippen MR) is 198 cm³/mol. The fraction of sp³-hybridized carbons (Fsp3) is 0.263. The second kappa shape index (κ2) is 21.7. The standard InChI is InChI=1S/C34H31Cl2N3O6.C2H4O2.C2H6/c1-2-3-15-27(24-13-8-5-9-14-24)31(41)37-20-25-19-34(45-39-25,18-23-11-6-4-7-12-23)33(43)38-21-26(40)22-44-32(42)30-28(35)16-10-17-29(30)36;1-2(3)4;1-2/h2-17H,18-22H2,1H3,(H,37,41)(H,38,43);1H3,(H,3,4);1-2H3/b3-2-,27-15+;;. The van der Waals surface area contributed by atoms with Crippen molar-refractivity contribution in [2.45, 2.75) is 46.1 Å². The van der Waals surface area contributed by atoms with Gasteiger partial charge in [-0.25, -0.2) is 4.79 Å². The molecule has 1 atom stereocenters. The number of Topliss-reactive ketones (excluding diaryl/α,β-unsaturated/α-hetero) is 1. The molecule has 13 heteroatoms. The van der Waals surface area contributed by atoms with Crippen molar-refractivity contribution in [3.63, 3.8) is 0 Å². The Morgan fingerprint density at radius 1 is 0.922 bits per heavy atom. The molecular weight excluding hydrogens is 697 g/mol. The molecule has 0 radical (unpaired) electrons. The lowest BCUT2D eigenvalue weighted by atomic mass is 9.88. The average molecular weight is 739 g/mol. The van der Waals surface area contributed by atoms with Crippen molar-refractivity contribution in [1.29, 1.82) is 0 Å². The summed E-state index contributed by atoms with van der Waals surface area (Å²) >= 11 is 12.1. The number of aliphatic carboxylic acids is 1. The molecule has 4 rings (SSSR count). The van der Waals surface area contributed by atoms with Crippen molar-refractivity contribution in [2.75, 3.05) is 19.7 Å². The number of carbonyl (C=O) groups is 5. The summed E-state index contributed by atoms with van der Waals surface area (Å²) in [5.41, 5.74) is 0.963. The number of ether oxygens (including phenoxy) is 1. The number of hydrogen-bond acceptors (Lipinski definition) is 8. The third kappa shape index (κ3) is 13.5. The van der Waals surface area contributed by atoms with E-state index in [1.807, 2.05) is 87.5 Å². The Morgan fingerprint density at radius 2 is 1.51 bits per heavy atom. The number of esters is 1. The molecule has 0 aliphatic carbocycles. The number of carbonyl (C=O) groups excluding carboxylic acids is 4. The highest BCUT2D eigenvalue weighted by Gasteiger charge is 2.46. The van der Waals surface area contributed by atoms with Crippen LogP contribution in [0.2, 0.25) is 10.0 Å². The van der Waals surface area contributed by atoms with Crippen molar-refractivity contribution in [3.8, 4) is 0 Å². The van der Waals surface area contributed by atoms with Gasteiger partial charge in [0.1, 0.15) is 0 Å². The third-order valence-electron chi connectivity index (χ3n) is 6.80. The summed E-state index contributed by atoms with van der Waals surface area (Å²) < 4.78 is 5.07. The van der Waals surface area contributed by atoms with E-state index < -0.39 is 42.4 Å². The van der Waals surface area contributed by atoms with Crippen molar-refractivity contribution in [2.24, 2.45) is 5.16 Å². The van der Waals surface area contributed by atoms with Gasteiger partial charge in [0.2, 0.25) is 5.60 Å². The number of hydrogen-bond donors (Lipinski definition) is 3. The highest BCUT2D eigenvalue weighted by atomic mass is 35.5. The molecule has 0 aromatic heterocycles. The van der Waals surface area contributed by atoms with Gasteiger partial charge in [-0.1, -0.05) is 121 Å². The molecule has 0 fully saturated rings. The summed E-state index contributed by atoms with van der Waals surface area (Å²) in [6, 6.07) is 23.0. The molecule has 1 unspecified atom stereocenters. The van der Waals surface area contributed by atoms with E-state index in [-0.39, 0.29) is 40.9 Å². The van der Waals surface area contributed by atoms with Gasteiger partial charge in [0.05, 0.1) is 34.4 Å². The molecule has 0 spiro atoms. The van der Waals surface area contributed by atoms with E-state index in [1.54, 1.807) is 18.2 Å². The fourth-order valence-electron chi connectivity index (χ4n) is 4.56. The minimum atomic E-state index is -1.47. The van der Waals surface area contributed by atoms with Crippen LogP contribution in [0.25, 0.3) is 5.57 Å². The average Bonchev–Trinajstić information content (AvgIpc) is 3.54. The highest BCUT2D eigenvalue weighted by molar-refractivity contribution is 6.39. The number of amides is 2. The maximum Gasteiger partial charge on any atom is 0.341 e. The molecule has 1 aliphatic rings. The molecule has 270 valence electrons. The lowest BCUT2D eigenvalue weighted by Gasteiger charge is -2.25. The number of halogens is 2. The monoisotopic (exact) mass is 737 g/mol. The molecule has 0 saturated carbocycles. The number of allylic oxidation sites excluding steroid dienone is 3. The number of carboxylic acid groups (broad SMARTS) is 1. The molecule has 3 aromatic carbocycles. The molecule has 0 bridgehead atoms. The van der Waals surface area contributed by atoms with Crippen LogP contribution in [0.4, 0.5) is 0 Å². The highest BCUT2D eigenvalue weighted by Crippen LogP contribution is 2.29. The number of rotatable bonds is 13. The third-order valence-corrected chi connectivity index (χ3v) is 7.43. The smallest absolute Gasteiger partial charge is 0.341 e. The molecule has 2 amide bonds. The van der Waals surface area contributed by atoms with Crippen molar-refractivity contribution < 1.29 is 38.7 Å². The van der Waals surface area contributed by atoms with Gasteiger partial charge in [0.25, 0.3) is 17.8 Å².